The van der Waals surface area contributed by atoms with Gasteiger partial charge in [-0.2, -0.15) is 4.98 Å². The highest BCUT2D eigenvalue weighted by molar-refractivity contribution is 7.19. The molecule has 0 spiro atoms. The maximum atomic E-state index is 6.12. The first-order valence-electron chi connectivity index (χ1n) is 7.66. The number of rotatable bonds is 3. The van der Waals surface area contributed by atoms with Crippen LogP contribution in [-0.2, 0) is 6.42 Å². The molecule has 0 N–H and O–H groups in total. The van der Waals surface area contributed by atoms with Crippen molar-refractivity contribution in [3.63, 3.8) is 0 Å². The van der Waals surface area contributed by atoms with Crippen LogP contribution in [0.25, 0.3) is 21.3 Å². The van der Waals surface area contributed by atoms with E-state index in [0.29, 0.717) is 5.28 Å². The van der Waals surface area contributed by atoms with Crippen LogP contribution >= 0.6 is 22.9 Å². The third-order valence-electron chi connectivity index (χ3n) is 4.12. The minimum atomic E-state index is 0.303. The molecule has 0 aliphatic heterocycles. The minimum absolute atomic E-state index is 0.303. The summed E-state index contributed by atoms with van der Waals surface area (Å²) in [6.45, 7) is 6.47. The number of fused-ring (bicyclic) bond motifs is 1. The quantitative estimate of drug-likeness (QED) is 0.606. The van der Waals surface area contributed by atoms with Gasteiger partial charge >= 0.3 is 0 Å². The van der Waals surface area contributed by atoms with Crippen LogP contribution in [0.2, 0.25) is 5.28 Å². The van der Waals surface area contributed by atoms with E-state index < -0.39 is 0 Å². The Kier molecular flexibility index (Phi) is 4.30. The molecule has 3 aromatic rings. The van der Waals surface area contributed by atoms with Gasteiger partial charge < -0.3 is 4.90 Å². The fourth-order valence-corrected chi connectivity index (χ4v) is 4.12. The van der Waals surface area contributed by atoms with E-state index in [-0.39, 0.29) is 0 Å². The molecule has 0 saturated heterocycles. The van der Waals surface area contributed by atoms with Crippen molar-refractivity contribution in [2.24, 2.45) is 0 Å². The fourth-order valence-electron chi connectivity index (χ4n) is 2.78. The van der Waals surface area contributed by atoms with E-state index in [1.165, 1.54) is 27.1 Å². The molecule has 120 valence electrons. The first-order chi connectivity index (χ1) is 10.9. The summed E-state index contributed by atoms with van der Waals surface area (Å²) in [6.07, 6.45) is 0.966. The largest absolute Gasteiger partial charge is 0.362 e. The molecule has 0 amide bonds. The van der Waals surface area contributed by atoms with Crippen LogP contribution in [0.1, 0.15) is 22.9 Å². The van der Waals surface area contributed by atoms with Gasteiger partial charge in [0.15, 0.2) is 0 Å². The molecule has 0 aliphatic carbocycles. The summed E-state index contributed by atoms with van der Waals surface area (Å²) in [5.74, 6) is 0.879. The van der Waals surface area contributed by atoms with Gasteiger partial charge in [-0.3, -0.25) is 0 Å². The Morgan fingerprint density at radius 1 is 1.13 bits per heavy atom. The maximum Gasteiger partial charge on any atom is 0.225 e. The van der Waals surface area contributed by atoms with Crippen molar-refractivity contribution in [1.29, 1.82) is 0 Å². The molecule has 2 heterocycles. The van der Waals surface area contributed by atoms with E-state index in [1.54, 1.807) is 11.3 Å². The van der Waals surface area contributed by atoms with Crippen LogP contribution in [0.4, 0.5) is 5.82 Å². The lowest BCUT2D eigenvalue weighted by atomic mass is 9.98. The second-order valence-corrected chi connectivity index (χ2v) is 7.37. The van der Waals surface area contributed by atoms with Gasteiger partial charge in [-0.25, -0.2) is 4.98 Å². The van der Waals surface area contributed by atoms with Crippen LogP contribution in [-0.4, -0.2) is 24.1 Å². The lowest BCUT2D eigenvalue weighted by molar-refractivity contribution is 1.06. The number of halogens is 1. The Morgan fingerprint density at radius 3 is 2.48 bits per heavy atom. The second-order valence-electron chi connectivity index (χ2n) is 5.94. The molecule has 23 heavy (non-hydrogen) atoms. The Labute approximate surface area is 146 Å². The Morgan fingerprint density at radius 2 is 1.87 bits per heavy atom. The number of hydrogen-bond acceptors (Lipinski definition) is 4. The highest BCUT2D eigenvalue weighted by Crippen LogP contribution is 2.42. The number of benzene rings is 1. The van der Waals surface area contributed by atoms with Gasteiger partial charge in [0.2, 0.25) is 5.28 Å². The molecule has 1 aromatic carbocycles. The highest BCUT2D eigenvalue weighted by Gasteiger charge is 2.20. The van der Waals surface area contributed by atoms with E-state index in [1.807, 2.05) is 19.0 Å². The van der Waals surface area contributed by atoms with Crippen molar-refractivity contribution >= 4 is 39.0 Å². The molecular weight excluding hydrogens is 326 g/mol. The zero-order chi connectivity index (χ0) is 16.7. The normalized spacial score (nSPS) is 11.2. The van der Waals surface area contributed by atoms with E-state index in [9.17, 15) is 0 Å². The third kappa shape index (κ3) is 2.81. The smallest absolute Gasteiger partial charge is 0.225 e. The lowest BCUT2D eigenvalue weighted by Crippen LogP contribution is -2.11. The predicted octanol–water partition coefficient (Wildman–Crippen LogP) is 5.26. The summed E-state index contributed by atoms with van der Waals surface area (Å²) in [7, 11) is 3.98. The number of hydrogen-bond donors (Lipinski definition) is 0. The first kappa shape index (κ1) is 16.2. The Balaban J connectivity index is 2.40. The average Bonchev–Trinajstić information content (AvgIpc) is 2.87. The lowest BCUT2D eigenvalue weighted by Gasteiger charge is -2.14. The molecule has 0 saturated carbocycles. The van der Waals surface area contributed by atoms with E-state index in [0.717, 1.165) is 22.5 Å². The zero-order valence-corrected chi connectivity index (χ0v) is 15.6. The van der Waals surface area contributed by atoms with Gasteiger partial charge in [-0.15, -0.1) is 11.3 Å². The van der Waals surface area contributed by atoms with Gasteiger partial charge in [0, 0.05) is 24.5 Å². The van der Waals surface area contributed by atoms with Crippen LogP contribution in [0.3, 0.4) is 0 Å². The molecular formula is C18H20ClN3S. The fraction of sp³-hybridized carbons (Fsp3) is 0.333. The predicted molar refractivity (Wildman–Crippen MR) is 101 cm³/mol. The summed E-state index contributed by atoms with van der Waals surface area (Å²) >= 11 is 7.83. The zero-order valence-electron chi connectivity index (χ0n) is 14.1. The molecule has 0 atom stereocenters. The Bertz CT molecular complexity index is 884. The van der Waals surface area contributed by atoms with Gasteiger partial charge in [0.25, 0.3) is 0 Å². The standard InChI is InChI=1S/C18H20ClN3S/c1-6-13-14(12-8-7-10(2)11(3)9-12)15-16(22(4)5)20-18(19)21-17(15)23-13/h7-9H,6H2,1-5H3. The van der Waals surface area contributed by atoms with Crippen molar-refractivity contribution in [3.8, 4) is 11.1 Å². The molecule has 3 rings (SSSR count). The monoisotopic (exact) mass is 345 g/mol. The van der Waals surface area contributed by atoms with Crippen LogP contribution < -0.4 is 4.90 Å². The highest BCUT2D eigenvalue weighted by atomic mass is 35.5. The number of thiophene rings is 1. The van der Waals surface area contributed by atoms with Crippen molar-refractivity contribution in [1.82, 2.24) is 9.97 Å². The molecule has 0 radical (unpaired) electrons. The SMILES string of the molecule is CCc1sc2nc(Cl)nc(N(C)C)c2c1-c1ccc(C)c(C)c1. The van der Waals surface area contributed by atoms with Crippen LogP contribution in [0.15, 0.2) is 18.2 Å². The van der Waals surface area contributed by atoms with E-state index >= 15 is 0 Å². The van der Waals surface area contributed by atoms with Crippen molar-refractivity contribution in [2.45, 2.75) is 27.2 Å². The van der Waals surface area contributed by atoms with Crippen molar-refractivity contribution in [2.75, 3.05) is 19.0 Å². The average molecular weight is 346 g/mol. The summed E-state index contributed by atoms with van der Waals surface area (Å²) < 4.78 is 0. The third-order valence-corrected chi connectivity index (χ3v) is 5.52. The number of nitrogens with zero attached hydrogens (tertiary/aromatic N) is 3. The molecule has 2 aromatic heterocycles. The van der Waals surface area contributed by atoms with E-state index in [4.69, 9.17) is 11.6 Å². The van der Waals surface area contributed by atoms with Gasteiger partial charge in [-0.05, 0) is 48.6 Å². The summed E-state index contributed by atoms with van der Waals surface area (Å²) in [5, 5.41) is 1.40. The van der Waals surface area contributed by atoms with Crippen LogP contribution in [0, 0.1) is 13.8 Å². The van der Waals surface area contributed by atoms with Crippen molar-refractivity contribution in [3.05, 3.63) is 39.5 Å². The van der Waals surface area contributed by atoms with Gasteiger partial charge in [0.1, 0.15) is 10.6 Å². The minimum Gasteiger partial charge on any atom is -0.362 e. The number of anilines is 1. The molecule has 3 nitrogen and oxygen atoms in total. The number of aromatic nitrogens is 2. The summed E-state index contributed by atoms with van der Waals surface area (Å²) in [4.78, 5) is 13.2. The summed E-state index contributed by atoms with van der Waals surface area (Å²) in [6, 6.07) is 6.63. The molecule has 0 bridgehead atoms. The second kappa shape index (κ2) is 6.10. The topological polar surface area (TPSA) is 29.0 Å². The Hall–Kier alpha value is -1.65. The van der Waals surface area contributed by atoms with Gasteiger partial charge in [0.05, 0.1) is 5.39 Å². The molecule has 0 fully saturated rings. The van der Waals surface area contributed by atoms with Crippen molar-refractivity contribution < 1.29 is 0 Å². The maximum absolute atomic E-state index is 6.12. The first-order valence-corrected chi connectivity index (χ1v) is 8.85. The molecule has 0 aliphatic rings. The summed E-state index contributed by atoms with van der Waals surface area (Å²) in [5.41, 5.74) is 5.07. The van der Waals surface area contributed by atoms with Gasteiger partial charge in [-0.1, -0.05) is 25.1 Å². The number of aryl methyl sites for hydroxylation is 3. The van der Waals surface area contributed by atoms with Crippen LogP contribution in [0.5, 0.6) is 0 Å². The molecule has 0 unspecified atom stereocenters. The molecule has 5 heteroatoms. The van der Waals surface area contributed by atoms with E-state index in [2.05, 4.69) is 48.9 Å².